The largest absolute Gasteiger partial charge is 0.508 e. The molecule has 1 aromatic heterocycles. The number of sulfonamides is 1. The highest BCUT2D eigenvalue weighted by atomic mass is 32.2. The second-order valence-electron chi connectivity index (χ2n) is 12.3. The Labute approximate surface area is 275 Å². The lowest BCUT2D eigenvalue weighted by atomic mass is 10.0. The molecule has 0 unspecified atom stereocenters. The van der Waals surface area contributed by atoms with Crippen LogP contribution in [0.5, 0.6) is 11.5 Å². The number of benzene rings is 4. The normalized spacial score (nSPS) is 12.4. The molecule has 0 spiro atoms. The van der Waals surface area contributed by atoms with E-state index in [0.717, 1.165) is 28.0 Å². The SMILES string of the molecule is COC[C@H](Cc1ccc(O)cc1)NC(=O)c1cc(NS(=O)(=O)C(C)(C)C)c2cc(-c3cccc(COc4ccccc4)c3)ccc2n1. The van der Waals surface area contributed by atoms with Crippen LogP contribution in [0.2, 0.25) is 0 Å². The van der Waals surface area contributed by atoms with E-state index in [0.29, 0.717) is 23.9 Å². The average Bonchev–Trinajstić information content (AvgIpc) is 3.04. The number of aromatic nitrogens is 1. The van der Waals surface area contributed by atoms with E-state index in [-0.39, 0.29) is 23.7 Å². The van der Waals surface area contributed by atoms with Crippen LogP contribution in [0.4, 0.5) is 5.69 Å². The van der Waals surface area contributed by atoms with Crippen LogP contribution in [0.3, 0.4) is 0 Å². The second kappa shape index (κ2) is 14.2. The summed E-state index contributed by atoms with van der Waals surface area (Å²) in [5.41, 5.74) is 4.42. The number of nitrogens with one attached hydrogen (secondary N) is 2. The number of hydrogen-bond acceptors (Lipinski definition) is 7. The molecule has 0 aliphatic rings. The molecule has 244 valence electrons. The van der Waals surface area contributed by atoms with E-state index < -0.39 is 26.7 Å². The van der Waals surface area contributed by atoms with Crippen molar-refractivity contribution in [1.82, 2.24) is 10.3 Å². The summed E-state index contributed by atoms with van der Waals surface area (Å²) in [6, 6.07) is 30.9. The second-order valence-corrected chi connectivity index (χ2v) is 14.7. The zero-order chi connectivity index (χ0) is 33.6. The first-order valence-corrected chi connectivity index (χ1v) is 16.7. The van der Waals surface area contributed by atoms with Crippen LogP contribution in [0, 0.1) is 0 Å². The number of ether oxygens (including phenoxy) is 2. The maximum atomic E-state index is 13.6. The van der Waals surface area contributed by atoms with Gasteiger partial charge in [0.1, 0.15) is 23.8 Å². The van der Waals surface area contributed by atoms with Crippen LogP contribution in [-0.4, -0.2) is 48.9 Å². The molecular formula is C37H39N3O6S. The zero-order valence-electron chi connectivity index (χ0n) is 26.9. The predicted octanol–water partition coefficient (Wildman–Crippen LogP) is 6.71. The summed E-state index contributed by atoms with van der Waals surface area (Å²) in [6.07, 6.45) is 0.454. The minimum Gasteiger partial charge on any atom is -0.508 e. The molecule has 0 aliphatic heterocycles. The van der Waals surface area contributed by atoms with Gasteiger partial charge in [0, 0.05) is 12.5 Å². The van der Waals surface area contributed by atoms with Gasteiger partial charge < -0.3 is 19.9 Å². The molecule has 1 amide bonds. The first-order valence-electron chi connectivity index (χ1n) is 15.2. The highest BCUT2D eigenvalue weighted by Gasteiger charge is 2.30. The number of fused-ring (bicyclic) bond motifs is 1. The van der Waals surface area contributed by atoms with Crippen molar-refractivity contribution in [2.75, 3.05) is 18.4 Å². The Hall–Kier alpha value is -4.93. The van der Waals surface area contributed by atoms with Crippen molar-refractivity contribution in [3.8, 4) is 22.6 Å². The number of pyridine rings is 1. The van der Waals surface area contributed by atoms with Gasteiger partial charge in [0.15, 0.2) is 0 Å². The molecule has 0 aliphatic carbocycles. The van der Waals surface area contributed by atoms with Gasteiger partial charge in [-0.1, -0.05) is 54.6 Å². The Balaban J connectivity index is 1.48. The van der Waals surface area contributed by atoms with Gasteiger partial charge in [-0.3, -0.25) is 9.52 Å². The van der Waals surface area contributed by atoms with Crippen LogP contribution in [-0.2, 0) is 27.8 Å². The van der Waals surface area contributed by atoms with Crippen molar-refractivity contribution >= 4 is 32.5 Å². The van der Waals surface area contributed by atoms with Crippen LogP contribution >= 0.6 is 0 Å². The van der Waals surface area contributed by atoms with Gasteiger partial charge in [-0.2, -0.15) is 0 Å². The highest BCUT2D eigenvalue weighted by Crippen LogP contribution is 2.32. The molecule has 0 saturated carbocycles. The first-order chi connectivity index (χ1) is 22.4. The van der Waals surface area contributed by atoms with E-state index in [2.05, 4.69) is 15.0 Å². The third-order valence-electron chi connectivity index (χ3n) is 7.62. The van der Waals surface area contributed by atoms with Crippen LogP contribution in [0.1, 0.15) is 42.4 Å². The molecule has 0 fully saturated rings. The molecule has 1 atom stereocenters. The summed E-state index contributed by atoms with van der Waals surface area (Å²) in [7, 11) is -2.30. The van der Waals surface area contributed by atoms with Crippen LogP contribution in [0.25, 0.3) is 22.0 Å². The number of hydrogen-bond donors (Lipinski definition) is 3. The smallest absolute Gasteiger partial charge is 0.270 e. The molecule has 5 rings (SSSR count). The Bertz CT molecular complexity index is 1960. The Morgan fingerprint density at radius 3 is 2.30 bits per heavy atom. The molecule has 10 heteroatoms. The van der Waals surface area contributed by atoms with Gasteiger partial charge in [0.2, 0.25) is 10.0 Å². The van der Waals surface area contributed by atoms with Crippen LogP contribution < -0.4 is 14.8 Å². The van der Waals surface area contributed by atoms with Crippen molar-refractivity contribution in [1.29, 1.82) is 0 Å². The standard InChI is InChI=1S/C37H39N3O6S/c1-37(2,3)47(43,44)40-34-22-35(36(42)38-29(24-45-4)20-25-13-16-30(41)17-14-25)39-33-18-15-28(21-32(33)34)27-10-8-9-26(19-27)23-46-31-11-6-5-7-12-31/h5-19,21-22,29,41H,20,23-24H2,1-4H3,(H,38,42)(H,39,40)/t29-/m0/s1. The molecular weight excluding hydrogens is 614 g/mol. The summed E-state index contributed by atoms with van der Waals surface area (Å²) in [5.74, 6) is 0.456. The number of nitrogens with zero attached hydrogens (tertiary/aromatic N) is 1. The monoisotopic (exact) mass is 653 g/mol. The lowest BCUT2D eigenvalue weighted by Gasteiger charge is -2.22. The van der Waals surface area contributed by atoms with Crippen LogP contribution in [0.15, 0.2) is 103 Å². The van der Waals surface area contributed by atoms with Gasteiger partial charge in [0.05, 0.1) is 28.6 Å². The van der Waals surface area contributed by atoms with Gasteiger partial charge >= 0.3 is 0 Å². The highest BCUT2D eigenvalue weighted by molar-refractivity contribution is 7.94. The summed E-state index contributed by atoms with van der Waals surface area (Å²) < 4.78 is 39.6. The number of rotatable bonds is 12. The Morgan fingerprint density at radius 2 is 1.60 bits per heavy atom. The summed E-state index contributed by atoms with van der Waals surface area (Å²) in [5, 5.41) is 13.2. The lowest BCUT2D eigenvalue weighted by Crippen LogP contribution is -2.40. The molecule has 5 aromatic rings. The first kappa shape index (κ1) is 33.4. The van der Waals surface area contributed by atoms with Crippen molar-refractivity contribution in [3.63, 3.8) is 0 Å². The number of carbonyl (C=O) groups excluding carboxylic acids is 1. The fourth-order valence-electron chi connectivity index (χ4n) is 4.96. The van der Waals surface area contributed by atoms with E-state index in [9.17, 15) is 18.3 Å². The van der Waals surface area contributed by atoms with Crippen molar-refractivity contribution < 1.29 is 27.8 Å². The van der Waals surface area contributed by atoms with E-state index in [1.54, 1.807) is 58.2 Å². The summed E-state index contributed by atoms with van der Waals surface area (Å²) in [4.78, 5) is 18.2. The maximum absolute atomic E-state index is 13.6. The number of anilines is 1. The van der Waals surface area contributed by atoms with Gasteiger partial charge in [-0.15, -0.1) is 0 Å². The minimum atomic E-state index is -3.84. The van der Waals surface area contributed by atoms with E-state index >= 15 is 0 Å². The number of para-hydroxylation sites is 1. The minimum absolute atomic E-state index is 0.0590. The number of phenols is 1. The fraction of sp³-hybridized carbons (Fsp3) is 0.243. The topological polar surface area (TPSA) is 127 Å². The van der Waals surface area contributed by atoms with Crippen molar-refractivity contribution in [2.24, 2.45) is 0 Å². The van der Waals surface area contributed by atoms with E-state index in [1.165, 1.54) is 6.07 Å². The van der Waals surface area contributed by atoms with E-state index in [1.807, 2.05) is 66.7 Å². The molecule has 47 heavy (non-hydrogen) atoms. The third-order valence-corrected chi connectivity index (χ3v) is 9.72. The summed E-state index contributed by atoms with van der Waals surface area (Å²) >= 11 is 0. The summed E-state index contributed by atoms with van der Waals surface area (Å²) in [6.45, 7) is 5.46. The zero-order valence-corrected chi connectivity index (χ0v) is 27.7. The van der Waals surface area contributed by atoms with Gasteiger partial charge in [-0.25, -0.2) is 13.4 Å². The third kappa shape index (κ3) is 8.46. The fourth-order valence-corrected chi connectivity index (χ4v) is 5.72. The lowest BCUT2D eigenvalue weighted by molar-refractivity contribution is 0.0892. The molecule has 0 bridgehead atoms. The number of amides is 1. The number of phenolic OH excluding ortho intramolecular Hbond substituents is 1. The molecule has 4 aromatic carbocycles. The number of aromatic hydroxyl groups is 1. The Kier molecular flexibility index (Phi) is 10.1. The molecule has 1 heterocycles. The van der Waals surface area contributed by atoms with Crippen molar-refractivity contribution in [3.05, 3.63) is 120 Å². The quantitative estimate of drug-likeness (QED) is 0.137. The molecule has 9 nitrogen and oxygen atoms in total. The maximum Gasteiger partial charge on any atom is 0.270 e. The van der Waals surface area contributed by atoms with Gasteiger partial charge in [0.25, 0.3) is 5.91 Å². The molecule has 3 N–H and O–H groups in total. The Morgan fingerprint density at radius 1 is 0.872 bits per heavy atom. The molecule has 0 saturated heterocycles. The number of carbonyl (C=O) groups is 1. The average molecular weight is 654 g/mol. The van der Waals surface area contributed by atoms with Gasteiger partial charge in [-0.05, 0) is 98.0 Å². The van der Waals surface area contributed by atoms with Crippen molar-refractivity contribution in [2.45, 2.75) is 44.6 Å². The van der Waals surface area contributed by atoms with E-state index in [4.69, 9.17) is 9.47 Å². The molecule has 0 radical (unpaired) electrons. The number of methoxy groups -OCH3 is 1. The predicted molar refractivity (Wildman–Crippen MR) is 185 cm³/mol.